The SMILES string of the molecule is Cc1nc(C)c([N+](=O)[O-])c(NCc2cnn(C3CN4CCC3CC4)c2)n1. The van der Waals surface area contributed by atoms with Gasteiger partial charge in [0.1, 0.15) is 11.5 Å². The van der Waals surface area contributed by atoms with Crippen LogP contribution in [0.3, 0.4) is 0 Å². The van der Waals surface area contributed by atoms with Gasteiger partial charge in [0.05, 0.1) is 17.2 Å². The van der Waals surface area contributed by atoms with Gasteiger partial charge in [-0.3, -0.25) is 14.8 Å². The van der Waals surface area contributed by atoms with Crippen LogP contribution in [0, 0.1) is 29.9 Å². The Morgan fingerprint density at radius 2 is 2.08 bits per heavy atom. The topological polar surface area (TPSA) is 102 Å². The van der Waals surface area contributed by atoms with E-state index in [1.165, 1.54) is 25.9 Å². The van der Waals surface area contributed by atoms with E-state index in [0.717, 1.165) is 12.1 Å². The smallest absolute Gasteiger partial charge is 0.332 e. The quantitative estimate of drug-likeness (QED) is 0.645. The molecule has 0 amide bonds. The number of nitrogens with one attached hydrogen (secondary N) is 1. The second-order valence-electron chi connectivity index (χ2n) is 7.20. The molecule has 1 atom stereocenters. The number of nitrogens with zero attached hydrogens (tertiary/aromatic N) is 6. The molecular formula is C17H23N7O2. The van der Waals surface area contributed by atoms with Crippen molar-refractivity contribution in [2.75, 3.05) is 25.0 Å². The summed E-state index contributed by atoms with van der Waals surface area (Å²) in [6.45, 7) is 7.27. The van der Waals surface area contributed by atoms with Crippen LogP contribution in [0.1, 0.15) is 36.0 Å². The highest BCUT2D eigenvalue weighted by Gasteiger charge is 2.35. The summed E-state index contributed by atoms with van der Waals surface area (Å²) in [6, 6.07) is 0.434. The zero-order valence-electron chi connectivity index (χ0n) is 15.1. The minimum Gasteiger partial charge on any atom is -0.360 e. The van der Waals surface area contributed by atoms with Crippen LogP contribution in [0.5, 0.6) is 0 Å². The summed E-state index contributed by atoms with van der Waals surface area (Å²) in [5, 5.41) is 18.9. The summed E-state index contributed by atoms with van der Waals surface area (Å²) in [7, 11) is 0. The molecule has 26 heavy (non-hydrogen) atoms. The maximum absolute atomic E-state index is 11.3. The van der Waals surface area contributed by atoms with E-state index in [2.05, 4.69) is 30.0 Å². The molecule has 2 bridgehead atoms. The van der Waals surface area contributed by atoms with Crippen LogP contribution in [0.15, 0.2) is 12.4 Å². The Morgan fingerprint density at radius 3 is 2.73 bits per heavy atom. The van der Waals surface area contributed by atoms with Gasteiger partial charge >= 0.3 is 5.69 Å². The van der Waals surface area contributed by atoms with E-state index >= 15 is 0 Å². The Kier molecular flexibility index (Phi) is 4.31. The number of fused-ring (bicyclic) bond motifs is 3. The zero-order valence-corrected chi connectivity index (χ0v) is 15.1. The van der Waals surface area contributed by atoms with Crippen LogP contribution in [0.2, 0.25) is 0 Å². The van der Waals surface area contributed by atoms with Gasteiger partial charge in [-0.15, -0.1) is 0 Å². The maximum Gasteiger partial charge on any atom is 0.332 e. The molecule has 0 saturated carbocycles. The van der Waals surface area contributed by atoms with E-state index < -0.39 is 4.92 Å². The zero-order chi connectivity index (χ0) is 18.3. The van der Waals surface area contributed by atoms with Gasteiger partial charge in [-0.1, -0.05) is 0 Å². The van der Waals surface area contributed by atoms with Gasteiger partial charge in [0, 0.05) is 24.8 Å². The lowest BCUT2D eigenvalue weighted by Crippen LogP contribution is -2.48. The largest absolute Gasteiger partial charge is 0.360 e. The third kappa shape index (κ3) is 3.14. The molecule has 3 fully saturated rings. The van der Waals surface area contributed by atoms with E-state index in [4.69, 9.17) is 0 Å². The highest BCUT2D eigenvalue weighted by molar-refractivity contribution is 5.58. The number of rotatable bonds is 5. The highest BCUT2D eigenvalue weighted by Crippen LogP contribution is 2.35. The average Bonchev–Trinajstić information content (AvgIpc) is 3.09. The number of piperidine rings is 3. The van der Waals surface area contributed by atoms with Crippen LogP contribution < -0.4 is 5.32 Å². The second-order valence-corrected chi connectivity index (χ2v) is 7.20. The Bertz CT molecular complexity index is 827. The first kappa shape index (κ1) is 16.9. The summed E-state index contributed by atoms with van der Waals surface area (Å²) in [4.78, 5) is 21.7. The fourth-order valence-corrected chi connectivity index (χ4v) is 4.12. The number of aryl methyl sites for hydroxylation is 2. The van der Waals surface area contributed by atoms with E-state index in [9.17, 15) is 10.1 Å². The van der Waals surface area contributed by atoms with E-state index in [0.29, 0.717) is 30.0 Å². The average molecular weight is 357 g/mol. The van der Waals surface area contributed by atoms with Gasteiger partial charge in [-0.25, -0.2) is 9.97 Å². The van der Waals surface area contributed by atoms with E-state index in [1.54, 1.807) is 13.8 Å². The van der Waals surface area contributed by atoms with Crippen molar-refractivity contribution in [3.63, 3.8) is 0 Å². The Morgan fingerprint density at radius 1 is 1.31 bits per heavy atom. The standard InChI is InChI=1S/C17H23N7O2/c1-11-16(24(25)26)17(21-12(2)20-11)18-7-13-8-19-23(9-13)15-10-22-5-3-14(15)4-6-22/h8-9,14-15H,3-7,10H2,1-2H3,(H,18,20,21). The predicted molar refractivity (Wildman–Crippen MR) is 95.9 cm³/mol. The lowest BCUT2D eigenvalue weighted by atomic mass is 9.84. The molecule has 3 aliphatic heterocycles. The number of anilines is 1. The van der Waals surface area contributed by atoms with Crippen molar-refractivity contribution < 1.29 is 4.92 Å². The third-order valence-electron chi connectivity index (χ3n) is 5.43. The van der Waals surface area contributed by atoms with Gasteiger partial charge in [0.25, 0.3) is 0 Å². The minimum atomic E-state index is -0.437. The van der Waals surface area contributed by atoms with Crippen LogP contribution in [0.4, 0.5) is 11.5 Å². The van der Waals surface area contributed by atoms with Gasteiger partial charge < -0.3 is 10.2 Å². The summed E-state index contributed by atoms with van der Waals surface area (Å²) in [5.41, 5.74) is 1.29. The predicted octanol–water partition coefficient (Wildman–Crippen LogP) is 2.08. The first-order chi connectivity index (χ1) is 12.5. The van der Waals surface area contributed by atoms with Crippen LogP contribution in [-0.4, -0.2) is 49.2 Å². The molecular weight excluding hydrogens is 334 g/mol. The number of nitro groups is 1. The number of hydrogen-bond donors (Lipinski definition) is 1. The monoisotopic (exact) mass is 357 g/mol. The molecule has 1 unspecified atom stereocenters. The Labute approximate surface area is 151 Å². The first-order valence-corrected chi connectivity index (χ1v) is 9.00. The first-order valence-electron chi connectivity index (χ1n) is 9.00. The van der Waals surface area contributed by atoms with Crippen LogP contribution in [-0.2, 0) is 6.54 Å². The number of aromatic nitrogens is 4. The minimum absolute atomic E-state index is 0.0691. The molecule has 0 spiro atoms. The Hall–Kier alpha value is -2.55. The lowest BCUT2D eigenvalue weighted by Gasteiger charge is -2.44. The fraction of sp³-hybridized carbons (Fsp3) is 0.588. The summed E-state index contributed by atoms with van der Waals surface area (Å²) in [5.74, 6) is 1.48. The highest BCUT2D eigenvalue weighted by atomic mass is 16.6. The van der Waals surface area contributed by atoms with E-state index in [-0.39, 0.29) is 11.5 Å². The molecule has 3 aliphatic rings. The van der Waals surface area contributed by atoms with Crippen molar-refractivity contribution in [3.8, 4) is 0 Å². The molecule has 5 rings (SSSR count). The van der Waals surface area contributed by atoms with Crippen molar-refractivity contribution in [3.05, 3.63) is 39.6 Å². The molecule has 3 saturated heterocycles. The molecule has 138 valence electrons. The van der Waals surface area contributed by atoms with Crippen molar-refractivity contribution in [1.82, 2.24) is 24.6 Å². The molecule has 0 radical (unpaired) electrons. The van der Waals surface area contributed by atoms with Crippen LogP contribution >= 0.6 is 0 Å². The summed E-state index contributed by atoms with van der Waals surface area (Å²) in [6.07, 6.45) is 6.36. The molecule has 2 aromatic rings. The maximum atomic E-state index is 11.3. The van der Waals surface area contributed by atoms with Crippen molar-refractivity contribution in [1.29, 1.82) is 0 Å². The molecule has 9 heteroatoms. The van der Waals surface area contributed by atoms with Crippen molar-refractivity contribution in [2.45, 2.75) is 39.3 Å². The molecule has 9 nitrogen and oxygen atoms in total. The lowest BCUT2D eigenvalue weighted by molar-refractivity contribution is -0.385. The third-order valence-corrected chi connectivity index (χ3v) is 5.43. The van der Waals surface area contributed by atoms with Crippen molar-refractivity contribution in [2.24, 2.45) is 5.92 Å². The second kappa shape index (κ2) is 6.64. The normalized spacial score (nSPS) is 24.6. The summed E-state index contributed by atoms with van der Waals surface area (Å²) < 4.78 is 2.07. The molecule has 5 heterocycles. The number of hydrogen-bond acceptors (Lipinski definition) is 7. The van der Waals surface area contributed by atoms with E-state index in [1.807, 2.05) is 12.4 Å². The molecule has 0 aliphatic carbocycles. The summed E-state index contributed by atoms with van der Waals surface area (Å²) >= 11 is 0. The van der Waals surface area contributed by atoms with Gasteiger partial charge in [-0.2, -0.15) is 5.10 Å². The fourth-order valence-electron chi connectivity index (χ4n) is 4.12. The molecule has 0 aromatic carbocycles. The van der Waals surface area contributed by atoms with Gasteiger partial charge in [-0.05, 0) is 45.7 Å². The van der Waals surface area contributed by atoms with Gasteiger partial charge in [0.15, 0.2) is 0 Å². The van der Waals surface area contributed by atoms with Crippen LogP contribution in [0.25, 0.3) is 0 Å². The Balaban J connectivity index is 1.48. The molecule has 1 N–H and O–H groups in total. The molecule has 2 aromatic heterocycles. The van der Waals surface area contributed by atoms with Crippen molar-refractivity contribution >= 4 is 11.5 Å². The van der Waals surface area contributed by atoms with Gasteiger partial charge in [0.2, 0.25) is 5.82 Å².